The van der Waals surface area contributed by atoms with Crippen LogP contribution in [0.25, 0.3) is 0 Å². The van der Waals surface area contributed by atoms with Gasteiger partial charge in [-0.1, -0.05) is 0 Å². The highest BCUT2D eigenvalue weighted by molar-refractivity contribution is 4.87. The van der Waals surface area contributed by atoms with Gasteiger partial charge in [-0.2, -0.15) is 0 Å². The quantitative estimate of drug-likeness (QED) is 0.665. The average Bonchev–Trinajstić information content (AvgIpc) is 2.04. The second-order valence-electron chi connectivity index (χ2n) is 4.64. The number of nitrogens with zero attached hydrogens (tertiary/aromatic N) is 1. The summed E-state index contributed by atoms with van der Waals surface area (Å²) in [6.45, 7) is 4.76. The van der Waals surface area contributed by atoms with E-state index in [2.05, 4.69) is 10.2 Å². The van der Waals surface area contributed by atoms with Gasteiger partial charge in [0.2, 0.25) is 0 Å². The first kappa shape index (κ1) is 11.0. The van der Waals surface area contributed by atoms with E-state index in [9.17, 15) is 5.11 Å². The van der Waals surface area contributed by atoms with Gasteiger partial charge in [-0.05, 0) is 40.4 Å². The van der Waals surface area contributed by atoms with Crippen LogP contribution in [0.1, 0.15) is 19.8 Å². The monoisotopic (exact) mass is 186 g/mol. The number of piperidine rings is 1. The maximum Gasteiger partial charge on any atom is 0.0785 e. The Morgan fingerprint density at radius 1 is 1.54 bits per heavy atom. The zero-order chi connectivity index (χ0) is 9.90. The van der Waals surface area contributed by atoms with E-state index in [4.69, 9.17) is 0 Å². The molecule has 0 aliphatic carbocycles. The van der Waals surface area contributed by atoms with Gasteiger partial charge in [-0.25, -0.2) is 0 Å². The first-order valence-corrected chi connectivity index (χ1v) is 5.10. The summed E-state index contributed by atoms with van der Waals surface area (Å²) < 4.78 is 0. The number of rotatable bonds is 3. The van der Waals surface area contributed by atoms with E-state index in [0.29, 0.717) is 5.92 Å². The van der Waals surface area contributed by atoms with Gasteiger partial charge in [-0.3, -0.25) is 0 Å². The van der Waals surface area contributed by atoms with Crippen LogP contribution in [-0.4, -0.2) is 49.3 Å². The van der Waals surface area contributed by atoms with Gasteiger partial charge in [0, 0.05) is 19.0 Å². The molecule has 0 saturated carbocycles. The molecule has 2 N–H and O–H groups in total. The molecule has 0 aromatic carbocycles. The molecule has 2 atom stereocenters. The Labute approximate surface area is 81.1 Å². The summed E-state index contributed by atoms with van der Waals surface area (Å²) in [6, 6.07) is 0. The third-order valence-electron chi connectivity index (χ3n) is 2.81. The summed E-state index contributed by atoms with van der Waals surface area (Å²) in [5.41, 5.74) is -0.545. The van der Waals surface area contributed by atoms with Gasteiger partial charge < -0.3 is 15.3 Å². The molecule has 13 heavy (non-hydrogen) atoms. The van der Waals surface area contributed by atoms with Crippen LogP contribution in [0.3, 0.4) is 0 Å². The van der Waals surface area contributed by atoms with Gasteiger partial charge in [0.05, 0.1) is 5.60 Å². The molecule has 1 heterocycles. The van der Waals surface area contributed by atoms with Crippen molar-refractivity contribution < 1.29 is 5.11 Å². The molecule has 1 aliphatic heterocycles. The smallest absolute Gasteiger partial charge is 0.0785 e. The Bertz CT molecular complexity index is 151. The van der Waals surface area contributed by atoms with Crippen molar-refractivity contribution in [2.45, 2.75) is 25.4 Å². The van der Waals surface area contributed by atoms with Crippen molar-refractivity contribution in [1.82, 2.24) is 10.2 Å². The third kappa shape index (κ3) is 3.25. The third-order valence-corrected chi connectivity index (χ3v) is 2.81. The highest BCUT2D eigenvalue weighted by atomic mass is 16.3. The average molecular weight is 186 g/mol. The van der Waals surface area contributed by atoms with Gasteiger partial charge in [0.25, 0.3) is 0 Å². The van der Waals surface area contributed by atoms with Gasteiger partial charge >= 0.3 is 0 Å². The molecule has 0 spiro atoms. The predicted molar refractivity (Wildman–Crippen MR) is 54.8 cm³/mol. The fourth-order valence-corrected chi connectivity index (χ4v) is 2.15. The molecule has 0 radical (unpaired) electrons. The Balaban J connectivity index is 2.45. The maximum absolute atomic E-state index is 10.2. The normalized spacial score (nSPS) is 28.8. The van der Waals surface area contributed by atoms with Crippen molar-refractivity contribution in [3.8, 4) is 0 Å². The Kier molecular flexibility index (Phi) is 3.71. The highest BCUT2D eigenvalue weighted by Gasteiger charge is 2.32. The zero-order valence-corrected chi connectivity index (χ0v) is 9.01. The molecule has 1 rings (SSSR count). The topological polar surface area (TPSA) is 35.5 Å². The van der Waals surface area contributed by atoms with E-state index in [-0.39, 0.29) is 0 Å². The number of likely N-dealkylation sites (N-methyl/N-ethyl adjacent to an activating group) is 1. The minimum absolute atomic E-state index is 0.406. The summed E-state index contributed by atoms with van der Waals surface area (Å²) in [4.78, 5) is 2.05. The van der Waals surface area contributed by atoms with E-state index < -0.39 is 5.60 Å². The molecule has 3 heteroatoms. The molecule has 0 unspecified atom stereocenters. The zero-order valence-electron chi connectivity index (χ0n) is 9.01. The van der Waals surface area contributed by atoms with Crippen LogP contribution in [0.2, 0.25) is 0 Å². The standard InChI is InChI=1S/C10H22N2O/c1-10(13,8-12(2)3)9-5-4-6-11-7-9/h9,11,13H,4-8H2,1-3H3/t9-,10+/m0/s1. The summed E-state index contributed by atoms with van der Waals surface area (Å²) >= 11 is 0. The summed E-state index contributed by atoms with van der Waals surface area (Å²) in [7, 11) is 4.01. The predicted octanol–water partition coefficient (Wildman–Crippen LogP) is 0.299. The van der Waals surface area contributed by atoms with E-state index >= 15 is 0 Å². The van der Waals surface area contributed by atoms with Crippen LogP contribution in [0, 0.1) is 5.92 Å². The largest absolute Gasteiger partial charge is 0.389 e. The summed E-state index contributed by atoms with van der Waals surface area (Å²) in [5, 5.41) is 13.6. The molecule has 0 bridgehead atoms. The van der Waals surface area contributed by atoms with Crippen molar-refractivity contribution >= 4 is 0 Å². The van der Waals surface area contributed by atoms with Crippen LogP contribution in [-0.2, 0) is 0 Å². The van der Waals surface area contributed by atoms with Crippen molar-refractivity contribution in [3.63, 3.8) is 0 Å². The fourth-order valence-electron chi connectivity index (χ4n) is 2.15. The summed E-state index contributed by atoms with van der Waals surface area (Å²) in [5.74, 6) is 0.406. The SMILES string of the molecule is CN(C)C[C@@](C)(O)[C@H]1CCCNC1. The van der Waals surface area contributed by atoms with Gasteiger partial charge in [-0.15, -0.1) is 0 Å². The molecular weight excluding hydrogens is 164 g/mol. The number of aliphatic hydroxyl groups is 1. The lowest BCUT2D eigenvalue weighted by atomic mass is 9.83. The van der Waals surface area contributed by atoms with Crippen molar-refractivity contribution in [1.29, 1.82) is 0 Å². The summed E-state index contributed by atoms with van der Waals surface area (Å²) in [6.07, 6.45) is 2.34. The molecule has 1 aliphatic rings. The van der Waals surface area contributed by atoms with Crippen LogP contribution in [0.4, 0.5) is 0 Å². The minimum Gasteiger partial charge on any atom is -0.389 e. The lowest BCUT2D eigenvalue weighted by molar-refractivity contribution is -0.0289. The molecular formula is C10H22N2O. The van der Waals surface area contributed by atoms with Crippen LogP contribution < -0.4 is 5.32 Å². The highest BCUT2D eigenvalue weighted by Crippen LogP contribution is 2.24. The van der Waals surface area contributed by atoms with Gasteiger partial charge in [0.15, 0.2) is 0 Å². The van der Waals surface area contributed by atoms with Crippen LogP contribution >= 0.6 is 0 Å². The molecule has 0 amide bonds. The lowest BCUT2D eigenvalue weighted by Crippen LogP contribution is -2.49. The first-order chi connectivity index (χ1) is 6.02. The number of hydrogen-bond donors (Lipinski definition) is 2. The Morgan fingerprint density at radius 3 is 2.69 bits per heavy atom. The minimum atomic E-state index is -0.545. The van der Waals surface area contributed by atoms with Crippen molar-refractivity contribution in [3.05, 3.63) is 0 Å². The lowest BCUT2D eigenvalue weighted by Gasteiger charge is -2.37. The van der Waals surface area contributed by atoms with Crippen molar-refractivity contribution in [2.75, 3.05) is 33.7 Å². The molecule has 78 valence electrons. The molecule has 0 aromatic heterocycles. The van der Waals surface area contributed by atoms with E-state index in [1.54, 1.807) is 0 Å². The maximum atomic E-state index is 10.2. The van der Waals surface area contributed by atoms with Gasteiger partial charge in [0.1, 0.15) is 0 Å². The molecule has 0 aromatic rings. The molecule has 3 nitrogen and oxygen atoms in total. The first-order valence-electron chi connectivity index (χ1n) is 5.10. The second kappa shape index (κ2) is 4.40. The fraction of sp³-hybridized carbons (Fsp3) is 1.00. The Morgan fingerprint density at radius 2 is 2.23 bits per heavy atom. The van der Waals surface area contributed by atoms with E-state index in [1.807, 2.05) is 21.0 Å². The molecule has 1 fully saturated rings. The van der Waals surface area contributed by atoms with Crippen LogP contribution in [0.5, 0.6) is 0 Å². The van der Waals surface area contributed by atoms with Crippen molar-refractivity contribution in [2.24, 2.45) is 5.92 Å². The van der Waals surface area contributed by atoms with E-state index in [0.717, 1.165) is 26.1 Å². The second-order valence-corrected chi connectivity index (χ2v) is 4.64. The number of nitrogens with one attached hydrogen (secondary N) is 1. The molecule has 1 saturated heterocycles. The van der Waals surface area contributed by atoms with E-state index in [1.165, 1.54) is 6.42 Å². The number of hydrogen-bond acceptors (Lipinski definition) is 3. The van der Waals surface area contributed by atoms with Crippen LogP contribution in [0.15, 0.2) is 0 Å². The Hall–Kier alpha value is -0.120.